The molecule has 0 aliphatic carbocycles. The zero-order valence-electron chi connectivity index (χ0n) is 13.4. The molecule has 0 saturated heterocycles. The van der Waals surface area contributed by atoms with E-state index in [1.54, 1.807) is 0 Å². The van der Waals surface area contributed by atoms with Crippen LogP contribution in [-0.2, 0) is 0 Å². The first kappa shape index (κ1) is 15.5. The largest absolute Gasteiger partial charge is 0.466 e. The number of hydrogen-bond donors (Lipinski definition) is 1. The van der Waals surface area contributed by atoms with Crippen LogP contribution in [0.15, 0.2) is 15.5 Å². The van der Waals surface area contributed by atoms with E-state index in [4.69, 9.17) is 9.41 Å². The van der Waals surface area contributed by atoms with Gasteiger partial charge in [-0.1, -0.05) is 32.5 Å². The zero-order chi connectivity index (χ0) is 14.9. The molecule has 2 atom stereocenters. The SMILES string of the molecule is Cc1cc(C(C)NC2=NC(C(C)(C)C)CCS2)c(C)o1. The van der Waals surface area contributed by atoms with Crippen LogP contribution in [-0.4, -0.2) is 17.0 Å². The topological polar surface area (TPSA) is 37.5 Å². The predicted octanol–water partition coefficient (Wildman–Crippen LogP) is 4.45. The van der Waals surface area contributed by atoms with E-state index in [1.165, 1.54) is 5.56 Å². The highest BCUT2D eigenvalue weighted by Crippen LogP contribution is 2.31. The molecule has 0 saturated carbocycles. The van der Waals surface area contributed by atoms with Crippen LogP contribution in [0.25, 0.3) is 0 Å². The fraction of sp³-hybridized carbons (Fsp3) is 0.688. The van der Waals surface area contributed by atoms with Crippen LogP contribution in [0.4, 0.5) is 0 Å². The van der Waals surface area contributed by atoms with Gasteiger partial charge in [-0.25, -0.2) is 0 Å². The number of aliphatic imine (C=N–C) groups is 1. The Morgan fingerprint density at radius 1 is 1.40 bits per heavy atom. The van der Waals surface area contributed by atoms with Gasteiger partial charge in [0, 0.05) is 11.3 Å². The van der Waals surface area contributed by atoms with Crippen LogP contribution >= 0.6 is 11.8 Å². The predicted molar refractivity (Wildman–Crippen MR) is 87.5 cm³/mol. The van der Waals surface area contributed by atoms with Crippen molar-refractivity contribution in [3.8, 4) is 0 Å². The standard InChI is InChI=1S/C16H26N2OS/c1-10-9-13(12(3)19-10)11(2)17-15-18-14(7-8-20-15)16(4,5)6/h9,11,14H,7-8H2,1-6H3,(H,17,18). The molecular weight excluding hydrogens is 268 g/mol. The molecule has 3 nitrogen and oxygen atoms in total. The maximum absolute atomic E-state index is 5.61. The molecule has 1 aromatic rings. The summed E-state index contributed by atoms with van der Waals surface area (Å²) in [6.07, 6.45) is 1.16. The van der Waals surface area contributed by atoms with Crippen LogP contribution in [0.5, 0.6) is 0 Å². The Bertz CT molecular complexity index is 499. The fourth-order valence-corrected chi connectivity index (χ4v) is 3.56. The second-order valence-corrected chi connectivity index (χ2v) is 7.77. The highest BCUT2D eigenvalue weighted by Gasteiger charge is 2.28. The summed E-state index contributed by atoms with van der Waals surface area (Å²) in [6, 6.07) is 2.76. The number of thioether (sulfide) groups is 1. The first-order valence-electron chi connectivity index (χ1n) is 7.31. The Kier molecular flexibility index (Phi) is 4.52. The summed E-state index contributed by atoms with van der Waals surface area (Å²) in [5.74, 6) is 3.11. The van der Waals surface area contributed by atoms with Crippen molar-refractivity contribution in [2.75, 3.05) is 5.75 Å². The second-order valence-electron chi connectivity index (χ2n) is 6.69. The minimum absolute atomic E-state index is 0.234. The molecule has 1 N–H and O–H groups in total. The molecule has 2 unspecified atom stereocenters. The zero-order valence-corrected chi connectivity index (χ0v) is 14.2. The van der Waals surface area contributed by atoms with Gasteiger partial charge in [-0.05, 0) is 38.7 Å². The van der Waals surface area contributed by atoms with Crippen molar-refractivity contribution < 1.29 is 4.42 Å². The molecule has 0 aromatic carbocycles. The van der Waals surface area contributed by atoms with Crippen molar-refractivity contribution >= 4 is 16.9 Å². The number of nitrogens with zero attached hydrogens (tertiary/aromatic N) is 1. The third-order valence-corrected chi connectivity index (χ3v) is 4.73. The summed E-state index contributed by atoms with van der Waals surface area (Å²) in [7, 11) is 0. The number of amidine groups is 1. The lowest BCUT2D eigenvalue weighted by atomic mass is 9.85. The average Bonchev–Trinajstić information content (AvgIpc) is 2.68. The summed E-state index contributed by atoms with van der Waals surface area (Å²) >= 11 is 1.83. The van der Waals surface area contributed by atoms with E-state index < -0.39 is 0 Å². The average molecular weight is 294 g/mol. The molecule has 1 aliphatic heterocycles. The van der Waals surface area contributed by atoms with Crippen molar-refractivity contribution in [1.82, 2.24) is 5.32 Å². The molecule has 0 radical (unpaired) electrons. The number of furan rings is 1. The molecule has 0 amide bonds. The Balaban J connectivity index is 2.09. The van der Waals surface area contributed by atoms with E-state index >= 15 is 0 Å². The lowest BCUT2D eigenvalue weighted by molar-refractivity contribution is 0.315. The number of nitrogens with one attached hydrogen (secondary N) is 1. The van der Waals surface area contributed by atoms with E-state index in [9.17, 15) is 0 Å². The molecule has 2 heterocycles. The van der Waals surface area contributed by atoms with Crippen molar-refractivity contribution in [2.24, 2.45) is 10.4 Å². The van der Waals surface area contributed by atoms with E-state index in [0.29, 0.717) is 6.04 Å². The summed E-state index contributed by atoms with van der Waals surface area (Å²) in [5.41, 5.74) is 1.46. The van der Waals surface area contributed by atoms with Gasteiger partial charge in [0.05, 0.1) is 12.1 Å². The third kappa shape index (κ3) is 3.60. The minimum Gasteiger partial charge on any atom is -0.466 e. The van der Waals surface area contributed by atoms with Gasteiger partial charge in [0.25, 0.3) is 0 Å². The normalized spacial score (nSPS) is 21.5. The number of hydrogen-bond acceptors (Lipinski definition) is 4. The van der Waals surface area contributed by atoms with E-state index in [1.807, 2.05) is 25.6 Å². The molecule has 0 bridgehead atoms. The summed E-state index contributed by atoms with van der Waals surface area (Å²) in [6.45, 7) is 13.0. The first-order chi connectivity index (χ1) is 9.27. The van der Waals surface area contributed by atoms with Crippen LogP contribution in [0.3, 0.4) is 0 Å². The van der Waals surface area contributed by atoms with Gasteiger partial charge in [0.1, 0.15) is 11.5 Å². The molecular formula is C16H26N2OS. The molecule has 20 heavy (non-hydrogen) atoms. The smallest absolute Gasteiger partial charge is 0.157 e. The van der Waals surface area contributed by atoms with Gasteiger partial charge in [-0.2, -0.15) is 0 Å². The summed E-state index contributed by atoms with van der Waals surface area (Å²) in [4.78, 5) is 4.89. The second kappa shape index (κ2) is 5.84. The van der Waals surface area contributed by atoms with Gasteiger partial charge >= 0.3 is 0 Å². The Morgan fingerprint density at radius 2 is 2.10 bits per heavy atom. The van der Waals surface area contributed by atoms with Crippen LogP contribution in [0, 0.1) is 19.3 Å². The van der Waals surface area contributed by atoms with Crippen LogP contribution in [0.1, 0.15) is 57.2 Å². The Morgan fingerprint density at radius 3 is 2.65 bits per heavy atom. The van der Waals surface area contributed by atoms with Crippen LogP contribution < -0.4 is 5.32 Å². The summed E-state index contributed by atoms with van der Waals surface area (Å²) < 4.78 is 5.61. The van der Waals surface area contributed by atoms with Crippen LogP contribution in [0.2, 0.25) is 0 Å². The molecule has 1 aromatic heterocycles. The molecule has 0 spiro atoms. The van der Waals surface area contributed by atoms with Gasteiger partial charge in [0.2, 0.25) is 0 Å². The maximum atomic E-state index is 5.61. The minimum atomic E-state index is 0.234. The Hall–Kier alpha value is -0.900. The molecule has 112 valence electrons. The molecule has 2 rings (SSSR count). The quantitative estimate of drug-likeness (QED) is 0.875. The van der Waals surface area contributed by atoms with E-state index in [2.05, 4.69) is 39.1 Å². The van der Waals surface area contributed by atoms with Crippen molar-refractivity contribution in [3.63, 3.8) is 0 Å². The highest BCUT2D eigenvalue weighted by molar-refractivity contribution is 8.13. The van der Waals surface area contributed by atoms with Gasteiger partial charge in [-0.15, -0.1) is 0 Å². The highest BCUT2D eigenvalue weighted by atomic mass is 32.2. The maximum Gasteiger partial charge on any atom is 0.157 e. The van der Waals surface area contributed by atoms with Gasteiger partial charge in [0.15, 0.2) is 5.17 Å². The van der Waals surface area contributed by atoms with E-state index in [0.717, 1.165) is 28.9 Å². The Labute approximate surface area is 126 Å². The fourth-order valence-electron chi connectivity index (χ4n) is 2.56. The van der Waals surface area contributed by atoms with E-state index in [-0.39, 0.29) is 11.5 Å². The van der Waals surface area contributed by atoms with Gasteiger partial charge < -0.3 is 9.73 Å². The van der Waals surface area contributed by atoms with Gasteiger partial charge in [-0.3, -0.25) is 4.99 Å². The third-order valence-electron chi connectivity index (χ3n) is 3.79. The first-order valence-corrected chi connectivity index (χ1v) is 8.30. The molecule has 1 aliphatic rings. The monoisotopic (exact) mass is 294 g/mol. The number of aryl methyl sites for hydroxylation is 2. The molecule has 4 heteroatoms. The number of rotatable bonds is 2. The lowest BCUT2D eigenvalue weighted by Crippen LogP contribution is -2.34. The van der Waals surface area contributed by atoms with Crippen molar-refractivity contribution in [2.45, 2.75) is 60.0 Å². The lowest BCUT2D eigenvalue weighted by Gasteiger charge is -2.31. The van der Waals surface area contributed by atoms with Crippen molar-refractivity contribution in [1.29, 1.82) is 0 Å². The van der Waals surface area contributed by atoms with Crippen molar-refractivity contribution in [3.05, 3.63) is 23.2 Å². The summed E-state index contributed by atoms with van der Waals surface area (Å²) in [5, 5.41) is 4.62. The molecule has 0 fully saturated rings.